The van der Waals surface area contributed by atoms with Crippen LogP contribution < -0.4 is 0 Å². The Balaban J connectivity index is 1.39. The molecule has 0 aliphatic heterocycles. The Bertz CT molecular complexity index is 1960. The fourth-order valence-corrected chi connectivity index (χ4v) is 4.95. The Hall–Kier alpha value is -5.92. The molecule has 0 atom stereocenters. The quantitative estimate of drug-likeness (QED) is 0.257. The van der Waals surface area contributed by atoms with Crippen LogP contribution in [0.5, 0.6) is 0 Å². The number of aromatic nitrogens is 4. The SMILES string of the molecule is N#Cc1ccc(-c2ccc(-c3ccc(C#N)cc3-n3cnc4ccccc43)o2)c(-n2cnc3ccccc32)c1. The van der Waals surface area contributed by atoms with E-state index in [1.807, 2.05) is 94.1 Å². The molecule has 182 valence electrons. The van der Waals surface area contributed by atoms with Gasteiger partial charge in [0.05, 0.1) is 56.7 Å². The maximum absolute atomic E-state index is 9.60. The first-order valence-corrected chi connectivity index (χ1v) is 12.3. The van der Waals surface area contributed by atoms with E-state index in [0.717, 1.165) is 44.6 Å². The van der Waals surface area contributed by atoms with Gasteiger partial charge in [-0.3, -0.25) is 9.13 Å². The fraction of sp³-hybridized carbons (Fsp3) is 0. The summed E-state index contributed by atoms with van der Waals surface area (Å²) in [5.74, 6) is 1.29. The molecule has 0 aliphatic carbocycles. The Kier molecular flexibility index (Phi) is 5.07. The third-order valence-electron chi connectivity index (χ3n) is 6.82. The summed E-state index contributed by atoms with van der Waals surface area (Å²) in [4.78, 5) is 9.07. The maximum atomic E-state index is 9.60. The van der Waals surface area contributed by atoms with Crippen molar-refractivity contribution in [3.8, 4) is 46.2 Å². The molecule has 0 amide bonds. The summed E-state index contributed by atoms with van der Waals surface area (Å²) in [6, 6.07) is 35.1. The summed E-state index contributed by atoms with van der Waals surface area (Å²) < 4.78 is 10.4. The highest BCUT2D eigenvalue weighted by Gasteiger charge is 2.18. The van der Waals surface area contributed by atoms with Crippen LogP contribution in [0.2, 0.25) is 0 Å². The Labute approximate surface area is 223 Å². The molecule has 0 saturated heterocycles. The normalized spacial score (nSPS) is 11.0. The monoisotopic (exact) mass is 502 g/mol. The van der Waals surface area contributed by atoms with Gasteiger partial charge in [-0.1, -0.05) is 24.3 Å². The van der Waals surface area contributed by atoms with E-state index >= 15 is 0 Å². The molecule has 0 saturated carbocycles. The van der Waals surface area contributed by atoms with Crippen LogP contribution in [0.15, 0.2) is 114 Å². The van der Waals surface area contributed by atoms with Gasteiger partial charge >= 0.3 is 0 Å². The van der Waals surface area contributed by atoms with Gasteiger partial charge in [0.2, 0.25) is 0 Å². The summed E-state index contributed by atoms with van der Waals surface area (Å²) in [6.45, 7) is 0. The van der Waals surface area contributed by atoms with E-state index in [9.17, 15) is 10.5 Å². The van der Waals surface area contributed by atoms with Gasteiger partial charge < -0.3 is 4.42 Å². The minimum Gasteiger partial charge on any atom is -0.456 e. The van der Waals surface area contributed by atoms with Crippen LogP contribution in [0.3, 0.4) is 0 Å². The van der Waals surface area contributed by atoms with Gasteiger partial charge in [0.15, 0.2) is 0 Å². The molecule has 7 nitrogen and oxygen atoms in total. The first kappa shape index (κ1) is 22.3. The molecule has 0 fully saturated rings. The van der Waals surface area contributed by atoms with Crippen molar-refractivity contribution < 1.29 is 4.42 Å². The second-order valence-corrected chi connectivity index (χ2v) is 9.06. The average Bonchev–Trinajstić information content (AvgIpc) is 3.75. The van der Waals surface area contributed by atoms with Crippen LogP contribution in [0.1, 0.15) is 11.1 Å². The van der Waals surface area contributed by atoms with Crippen molar-refractivity contribution in [3.05, 3.63) is 121 Å². The number of benzene rings is 4. The van der Waals surface area contributed by atoms with E-state index in [2.05, 4.69) is 22.1 Å². The summed E-state index contributed by atoms with van der Waals surface area (Å²) in [7, 11) is 0. The Morgan fingerprint density at radius 1 is 0.564 bits per heavy atom. The Morgan fingerprint density at radius 2 is 1.03 bits per heavy atom. The highest BCUT2D eigenvalue weighted by atomic mass is 16.3. The van der Waals surface area contributed by atoms with Crippen molar-refractivity contribution in [2.75, 3.05) is 0 Å². The van der Waals surface area contributed by atoms with Gasteiger partial charge in [-0.2, -0.15) is 10.5 Å². The van der Waals surface area contributed by atoms with Crippen LogP contribution in [0, 0.1) is 22.7 Å². The van der Waals surface area contributed by atoms with Gasteiger partial charge in [0.25, 0.3) is 0 Å². The molecule has 7 aromatic rings. The van der Waals surface area contributed by atoms with Crippen molar-refractivity contribution in [2.45, 2.75) is 0 Å². The number of nitrogens with zero attached hydrogens (tertiary/aromatic N) is 6. The number of rotatable bonds is 4. The second-order valence-electron chi connectivity index (χ2n) is 9.06. The smallest absolute Gasteiger partial charge is 0.136 e. The summed E-state index contributed by atoms with van der Waals surface area (Å²) in [5.41, 5.74) is 7.91. The molecule has 7 rings (SSSR count). The highest BCUT2D eigenvalue weighted by Crippen LogP contribution is 2.37. The van der Waals surface area contributed by atoms with Crippen LogP contribution in [0.25, 0.3) is 56.1 Å². The number of para-hydroxylation sites is 4. The first-order valence-electron chi connectivity index (χ1n) is 12.3. The highest BCUT2D eigenvalue weighted by molar-refractivity contribution is 5.83. The molecular weight excluding hydrogens is 484 g/mol. The van der Waals surface area contributed by atoms with E-state index < -0.39 is 0 Å². The lowest BCUT2D eigenvalue weighted by Crippen LogP contribution is -1.97. The van der Waals surface area contributed by atoms with E-state index in [4.69, 9.17) is 4.42 Å². The molecule has 0 N–H and O–H groups in total. The number of hydrogen-bond acceptors (Lipinski definition) is 5. The lowest BCUT2D eigenvalue weighted by atomic mass is 10.1. The zero-order chi connectivity index (χ0) is 26.3. The number of fused-ring (bicyclic) bond motifs is 2. The van der Waals surface area contributed by atoms with E-state index in [0.29, 0.717) is 22.6 Å². The van der Waals surface area contributed by atoms with E-state index in [1.54, 1.807) is 24.8 Å². The number of nitriles is 2. The van der Waals surface area contributed by atoms with Crippen LogP contribution >= 0.6 is 0 Å². The van der Waals surface area contributed by atoms with Gasteiger partial charge in [-0.05, 0) is 72.8 Å². The molecule has 0 aliphatic rings. The summed E-state index contributed by atoms with van der Waals surface area (Å²) in [5, 5.41) is 19.2. The van der Waals surface area contributed by atoms with Crippen molar-refractivity contribution in [3.63, 3.8) is 0 Å². The maximum Gasteiger partial charge on any atom is 0.136 e. The van der Waals surface area contributed by atoms with E-state index in [-0.39, 0.29) is 0 Å². The molecular formula is C32H18N6O. The van der Waals surface area contributed by atoms with Crippen molar-refractivity contribution in [2.24, 2.45) is 0 Å². The molecule has 7 heteroatoms. The Morgan fingerprint density at radius 3 is 1.49 bits per heavy atom. The minimum absolute atomic E-state index is 0.541. The molecule has 0 radical (unpaired) electrons. The van der Waals surface area contributed by atoms with Crippen molar-refractivity contribution in [1.29, 1.82) is 10.5 Å². The topological polar surface area (TPSA) is 96.4 Å². The molecule has 39 heavy (non-hydrogen) atoms. The number of furan rings is 1. The molecule has 3 aromatic heterocycles. The van der Waals surface area contributed by atoms with E-state index in [1.165, 1.54) is 0 Å². The van der Waals surface area contributed by atoms with Crippen LogP contribution in [-0.4, -0.2) is 19.1 Å². The van der Waals surface area contributed by atoms with Gasteiger partial charge in [-0.15, -0.1) is 0 Å². The summed E-state index contributed by atoms with van der Waals surface area (Å²) >= 11 is 0. The zero-order valence-electron chi connectivity index (χ0n) is 20.5. The zero-order valence-corrected chi connectivity index (χ0v) is 20.5. The van der Waals surface area contributed by atoms with Gasteiger partial charge in [0, 0.05) is 11.1 Å². The number of hydrogen-bond donors (Lipinski definition) is 0. The van der Waals surface area contributed by atoms with Crippen LogP contribution in [-0.2, 0) is 0 Å². The van der Waals surface area contributed by atoms with Gasteiger partial charge in [-0.25, -0.2) is 9.97 Å². The third kappa shape index (κ3) is 3.66. The third-order valence-corrected chi connectivity index (χ3v) is 6.82. The molecule has 0 bridgehead atoms. The molecule has 0 spiro atoms. The summed E-state index contributed by atoms with van der Waals surface area (Å²) in [6.07, 6.45) is 3.52. The predicted molar refractivity (Wildman–Crippen MR) is 148 cm³/mol. The van der Waals surface area contributed by atoms with Crippen molar-refractivity contribution in [1.82, 2.24) is 19.1 Å². The molecule has 4 aromatic carbocycles. The lowest BCUT2D eigenvalue weighted by molar-refractivity contribution is 0.596. The van der Waals surface area contributed by atoms with Crippen LogP contribution in [0.4, 0.5) is 0 Å². The molecule has 3 heterocycles. The lowest BCUT2D eigenvalue weighted by Gasteiger charge is -2.12. The van der Waals surface area contributed by atoms with Crippen molar-refractivity contribution >= 4 is 22.1 Å². The molecule has 0 unspecified atom stereocenters. The standard InChI is InChI=1S/C32H18N6O/c33-17-21-9-11-23(29(15-21)37-19-35-25-5-1-3-7-27(25)37)31-13-14-32(39-31)24-12-10-22(18-34)16-30(24)38-20-36-26-6-2-4-8-28(26)38/h1-16,19-20H. The fourth-order valence-electron chi connectivity index (χ4n) is 4.95. The second kappa shape index (κ2) is 8.88. The first-order chi connectivity index (χ1) is 19.2. The van der Waals surface area contributed by atoms with Gasteiger partial charge in [0.1, 0.15) is 24.2 Å². The minimum atomic E-state index is 0.541. The number of imidazole rings is 2. The average molecular weight is 503 g/mol. The predicted octanol–water partition coefficient (Wildman–Crippen LogP) is 7.03. The largest absolute Gasteiger partial charge is 0.456 e.